The lowest BCUT2D eigenvalue weighted by Gasteiger charge is -2.19. The molecular weight excluding hydrogens is 216 g/mol. The highest BCUT2D eigenvalue weighted by Gasteiger charge is 2.15. The molecule has 2 N–H and O–H groups in total. The fourth-order valence-corrected chi connectivity index (χ4v) is 2.06. The molecule has 0 saturated carbocycles. The zero-order valence-electron chi connectivity index (χ0n) is 11.3. The molecule has 0 radical (unpaired) electrons. The Morgan fingerprint density at radius 2 is 2.00 bits per heavy atom. The van der Waals surface area contributed by atoms with Gasteiger partial charge in [0.25, 0.3) is 0 Å². The van der Waals surface area contributed by atoms with E-state index in [1.807, 2.05) is 0 Å². The highest BCUT2D eigenvalue weighted by molar-refractivity contribution is 4.71. The van der Waals surface area contributed by atoms with Gasteiger partial charge in [0, 0.05) is 26.2 Å². The third kappa shape index (κ3) is 7.71. The molecule has 1 atom stereocenters. The summed E-state index contributed by atoms with van der Waals surface area (Å²) in [7, 11) is 0. The molecule has 4 nitrogen and oxygen atoms in total. The Bertz CT molecular complexity index is 182. The SMILES string of the molecule is CC(C)COCCNCC(O)CN1CCCC1. The Kier molecular flexibility index (Phi) is 7.77. The van der Waals surface area contributed by atoms with Crippen LogP contribution in [0.25, 0.3) is 0 Å². The molecule has 1 saturated heterocycles. The number of β-amino-alcohol motifs (C(OH)–C–C–N with tert-alkyl or cyclic N) is 1. The van der Waals surface area contributed by atoms with Gasteiger partial charge in [0.05, 0.1) is 12.7 Å². The minimum Gasteiger partial charge on any atom is -0.390 e. The summed E-state index contributed by atoms with van der Waals surface area (Å²) in [5, 5.41) is 13.0. The van der Waals surface area contributed by atoms with E-state index in [2.05, 4.69) is 24.1 Å². The highest BCUT2D eigenvalue weighted by Crippen LogP contribution is 2.07. The Hall–Kier alpha value is -0.160. The summed E-state index contributed by atoms with van der Waals surface area (Å²) >= 11 is 0. The lowest BCUT2D eigenvalue weighted by molar-refractivity contribution is 0.0998. The van der Waals surface area contributed by atoms with Crippen molar-refractivity contribution in [2.45, 2.75) is 32.8 Å². The van der Waals surface area contributed by atoms with E-state index in [1.54, 1.807) is 0 Å². The van der Waals surface area contributed by atoms with E-state index in [0.717, 1.165) is 39.4 Å². The van der Waals surface area contributed by atoms with Crippen LogP contribution in [0.15, 0.2) is 0 Å². The molecule has 1 aliphatic rings. The van der Waals surface area contributed by atoms with Crippen molar-refractivity contribution < 1.29 is 9.84 Å². The summed E-state index contributed by atoms with van der Waals surface area (Å²) in [6, 6.07) is 0. The Morgan fingerprint density at radius 1 is 1.29 bits per heavy atom. The van der Waals surface area contributed by atoms with Crippen LogP contribution in [0.5, 0.6) is 0 Å². The van der Waals surface area contributed by atoms with Crippen molar-refractivity contribution in [3.63, 3.8) is 0 Å². The van der Waals surface area contributed by atoms with Crippen LogP contribution in [-0.2, 0) is 4.74 Å². The predicted molar refractivity (Wildman–Crippen MR) is 70.2 cm³/mol. The Morgan fingerprint density at radius 3 is 2.65 bits per heavy atom. The molecule has 17 heavy (non-hydrogen) atoms. The second kappa shape index (κ2) is 8.86. The van der Waals surface area contributed by atoms with Gasteiger partial charge in [-0.2, -0.15) is 0 Å². The molecule has 0 aliphatic carbocycles. The van der Waals surface area contributed by atoms with Crippen LogP contribution in [0.2, 0.25) is 0 Å². The van der Waals surface area contributed by atoms with Gasteiger partial charge in [0.2, 0.25) is 0 Å². The molecule has 102 valence electrons. The summed E-state index contributed by atoms with van der Waals surface area (Å²) in [5.41, 5.74) is 0. The molecule has 0 aromatic rings. The maximum Gasteiger partial charge on any atom is 0.0791 e. The van der Waals surface area contributed by atoms with E-state index in [4.69, 9.17) is 4.74 Å². The van der Waals surface area contributed by atoms with Crippen molar-refractivity contribution in [2.24, 2.45) is 5.92 Å². The second-order valence-electron chi connectivity index (χ2n) is 5.33. The number of nitrogens with zero attached hydrogens (tertiary/aromatic N) is 1. The van der Waals surface area contributed by atoms with Crippen molar-refractivity contribution in [3.05, 3.63) is 0 Å². The Labute approximate surface area is 105 Å². The smallest absolute Gasteiger partial charge is 0.0791 e. The molecule has 4 heteroatoms. The molecule has 0 bridgehead atoms. The third-order valence-electron chi connectivity index (χ3n) is 2.92. The summed E-state index contributed by atoms with van der Waals surface area (Å²) in [4.78, 5) is 2.33. The first-order chi connectivity index (χ1) is 8.18. The number of ether oxygens (including phenoxy) is 1. The van der Waals surface area contributed by atoms with E-state index in [9.17, 15) is 5.11 Å². The minimum atomic E-state index is -0.252. The molecule has 1 heterocycles. The quantitative estimate of drug-likeness (QED) is 0.586. The fraction of sp³-hybridized carbons (Fsp3) is 1.00. The standard InChI is InChI=1S/C13H28N2O2/c1-12(2)11-17-8-5-14-9-13(16)10-15-6-3-4-7-15/h12-14,16H,3-11H2,1-2H3. The molecule has 1 aliphatic heterocycles. The van der Waals surface area contributed by atoms with Crippen LogP contribution < -0.4 is 5.32 Å². The van der Waals surface area contributed by atoms with Crippen molar-refractivity contribution >= 4 is 0 Å². The van der Waals surface area contributed by atoms with Crippen molar-refractivity contribution in [3.8, 4) is 0 Å². The number of rotatable bonds is 9. The molecule has 0 amide bonds. The van der Waals surface area contributed by atoms with E-state index in [-0.39, 0.29) is 6.10 Å². The molecule has 0 spiro atoms. The first-order valence-corrected chi connectivity index (χ1v) is 6.87. The molecule has 0 aromatic heterocycles. The molecule has 1 unspecified atom stereocenters. The average molecular weight is 244 g/mol. The van der Waals surface area contributed by atoms with Crippen molar-refractivity contribution in [1.29, 1.82) is 0 Å². The number of aliphatic hydroxyl groups excluding tert-OH is 1. The monoisotopic (exact) mass is 244 g/mol. The molecule has 1 rings (SSSR count). The predicted octanol–water partition coefficient (Wildman–Crippen LogP) is 0.705. The zero-order valence-corrected chi connectivity index (χ0v) is 11.3. The number of likely N-dealkylation sites (tertiary alicyclic amines) is 1. The number of aliphatic hydroxyl groups is 1. The number of hydrogen-bond donors (Lipinski definition) is 2. The summed E-state index contributed by atoms with van der Waals surface area (Å²) in [5.74, 6) is 0.593. The van der Waals surface area contributed by atoms with E-state index in [1.165, 1.54) is 12.8 Å². The number of nitrogens with one attached hydrogen (secondary N) is 1. The van der Waals surface area contributed by atoms with Gasteiger partial charge in [-0.3, -0.25) is 0 Å². The Balaban J connectivity index is 1.87. The van der Waals surface area contributed by atoms with Crippen LogP contribution in [0, 0.1) is 5.92 Å². The van der Waals surface area contributed by atoms with Gasteiger partial charge in [-0.15, -0.1) is 0 Å². The van der Waals surface area contributed by atoms with Crippen LogP contribution in [0.3, 0.4) is 0 Å². The molecular formula is C13H28N2O2. The maximum absolute atomic E-state index is 9.81. The van der Waals surface area contributed by atoms with Gasteiger partial charge in [0.1, 0.15) is 0 Å². The normalized spacial score (nSPS) is 19.1. The summed E-state index contributed by atoms with van der Waals surface area (Å²) in [6.07, 6.45) is 2.31. The first-order valence-electron chi connectivity index (χ1n) is 6.87. The van der Waals surface area contributed by atoms with Gasteiger partial charge in [-0.25, -0.2) is 0 Å². The van der Waals surface area contributed by atoms with Gasteiger partial charge in [-0.1, -0.05) is 13.8 Å². The third-order valence-corrected chi connectivity index (χ3v) is 2.92. The lowest BCUT2D eigenvalue weighted by atomic mass is 10.2. The average Bonchev–Trinajstić information content (AvgIpc) is 2.75. The topological polar surface area (TPSA) is 44.7 Å². The summed E-state index contributed by atoms with van der Waals surface area (Å²) in [6.45, 7) is 10.4. The molecule has 1 fully saturated rings. The van der Waals surface area contributed by atoms with E-state index in [0.29, 0.717) is 12.5 Å². The van der Waals surface area contributed by atoms with E-state index >= 15 is 0 Å². The van der Waals surface area contributed by atoms with Gasteiger partial charge in [-0.05, 0) is 31.8 Å². The fourth-order valence-electron chi connectivity index (χ4n) is 2.06. The maximum atomic E-state index is 9.81. The summed E-state index contributed by atoms with van der Waals surface area (Å²) < 4.78 is 5.46. The minimum absolute atomic E-state index is 0.252. The highest BCUT2D eigenvalue weighted by atomic mass is 16.5. The van der Waals surface area contributed by atoms with Crippen LogP contribution >= 0.6 is 0 Å². The van der Waals surface area contributed by atoms with Gasteiger partial charge < -0.3 is 20.1 Å². The second-order valence-corrected chi connectivity index (χ2v) is 5.33. The van der Waals surface area contributed by atoms with Gasteiger partial charge >= 0.3 is 0 Å². The molecule has 0 aromatic carbocycles. The van der Waals surface area contributed by atoms with Crippen LogP contribution in [0.4, 0.5) is 0 Å². The zero-order chi connectivity index (χ0) is 12.5. The van der Waals surface area contributed by atoms with Crippen molar-refractivity contribution in [2.75, 3.05) is 45.9 Å². The lowest BCUT2D eigenvalue weighted by Crippen LogP contribution is -2.38. The number of hydrogen-bond acceptors (Lipinski definition) is 4. The van der Waals surface area contributed by atoms with Crippen molar-refractivity contribution in [1.82, 2.24) is 10.2 Å². The van der Waals surface area contributed by atoms with Gasteiger partial charge in [0.15, 0.2) is 0 Å². The van der Waals surface area contributed by atoms with E-state index < -0.39 is 0 Å². The van der Waals surface area contributed by atoms with Crippen LogP contribution in [0.1, 0.15) is 26.7 Å². The largest absolute Gasteiger partial charge is 0.390 e. The first kappa shape index (κ1) is 14.9. The van der Waals surface area contributed by atoms with Crippen LogP contribution in [-0.4, -0.2) is 62.0 Å².